The maximum absolute atomic E-state index is 13.4. The SMILES string of the molecule is CSc1ncc2c(n1)N1CCC[C@H]1CN(c1cccc(-c3ncon3)c1)C2=O. The number of hydrogen-bond donors (Lipinski definition) is 0. The van der Waals surface area contributed by atoms with Crippen molar-refractivity contribution < 1.29 is 9.32 Å². The molecule has 1 saturated heterocycles. The fourth-order valence-electron chi connectivity index (χ4n) is 3.90. The Morgan fingerprint density at radius 1 is 1.29 bits per heavy atom. The Labute approximate surface area is 166 Å². The van der Waals surface area contributed by atoms with Gasteiger partial charge in [-0.05, 0) is 31.2 Å². The number of amides is 1. The molecule has 0 aliphatic carbocycles. The third-order valence-electron chi connectivity index (χ3n) is 5.22. The Kier molecular flexibility index (Phi) is 4.23. The molecule has 1 fully saturated rings. The number of fused-ring (bicyclic) bond motifs is 3. The van der Waals surface area contributed by atoms with E-state index < -0.39 is 0 Å². The number of rotatable bonds is 3. The van der Waals surface area contributed by atoms with E-state index in [-0.39, 0.29) is 11.9 Å². The van der Waals surface area contributed by atoms with Crippen molar-refractivity contribution >= 4 is 29.2 Å². The molecule has 28 heavy (non-hydrogen) atoms. The van der Waals surface area contributed by atoms with Crippen LogP contribution in [0.2, 0.25) is 0 Å². The summed E-state index contributed by atoms with van der Waals surface area (Å²) in [5.41, 5.74) is 2.16. The van der Waals surface area contributed by atoms with Gasteiger partial charge in [0.15, 0.2) is 5.16 Å². The van der Waals surface area contributed by atoms with Gasteiger partial charge in [-0.2, -0.15) is 4.98 Å². The summed E-state index contributed by atoms with van der Waals surface area (Å²) in [5, 5.41) is 4.58. The lowest BCUT2D eigenvalue weighted by molar-refractivity contribution is 0.0988. The van der Waals surface area contributed by atoms with Crippen molar-refractivity contribution in [1.29, 1.82) is 0 Å². The molecule has 0 unspecified atom stereocenters. The molecule has 1 atom stereocenters. The molecule has 2 aromatic heterocycles. The van der Waals surface area contributed by atoms with Crippen molar-refractivity contribution in [1.82, 2.24) is 20.1 Å². The van der Waals surface area contributed by atoms with Crippen LogP contribution in [0.1, 0.15) is 23.2 Å². The number of benzene rings is 1. The zero-order chi connectivity index (χ0) is 19.1. The second kappa shape index (κ2) is 6.90. The minimum absolute atomic E-state index is 0.0812. The van der Waals surface area contributed by atoms with Crippen LogP contribution in [0.3, 0.4) is 0 Å². The molecule has 142 valence electrons. The van der Waals surface area contributed by atoms with Gasteiger partial charge in [-0.25, -0.2) is 9.97 Å². The van der Waals surface area contributed by atoms with E-state index in [4.69, 9.17) is 4.52 Å². The van der Waals surface area contributed by atoms with Gasteiger partial charge in [0.1, 0.15) is 11.4 Å². The summed E-state index contributed by atoms with van der Waals surface area (Å²) in [6.45, 7) is 1.52. The molecular weight excluding hydrogens is 376 g/mol. The second-order valence-corrected chi connectivity index (χ2v) is 7.58. The van der Waals surface area contributed by atoms with E-state index in [2.05, 4.69) is 25.0 Å². The lowest BCUT2D eigenvalue weighted by Crippen LogP contribution is -2.39. The number of anilines is 2. The highest BCUT2D eigenvalue weighted by molar-refractivity contribution is 7.98. The van der Waals surface area contributed by atoms with Crippen molar-refractivity contribution in [3.05, 3.63) is 42.4 Å². The molecule has 4 heterocycles. The van der Waals surface area contributed by atoms with Crippen molar-refractivity contribution in [2.45, 2.75) is 24.0 Å². The molecule has 8 nitrogen and oxygen atoms in total. The van der Waals surface area contributed by atoms with Crippen LogP contribution < -0.4 is 9.80 Å². The number of thioether (sulfide) groups is 1. The summed E-state index contributed by atoms with van der Waals surface area (Å²) >= 11 is 1.48. The van der Waals surface area contributed by atoms with Crippen LogP contribution in [0, 0.1) is 0 Å². The van der Waals surface area contributed by atoms with E-state index in [9.17, 15) is 4.79 Å². The molecule has 0 bridgehead atoms. The highest BCUT2D eigenvalue weighted by Gasteiger charge is 2.37. The topological polar surface area (TPSA) is 88.2 Å². The zero-order valence-electron chi connectivity index (χ0n) is 15.3. The molecule has 0 radical (unpaired) electrons. The number of carbonyl (C=O) groups excluding carboxylic acids is 1. The quantitative estimate of drug-likeness (QED) is 0.495. The van der Waals surface area contributed by atoms with Crippen LogP contribution in [-0.4, -0.2) is 51.4 Å². The lowest BCUT2D eigenvalue weighted by Gasteiger charge is -2.27. The van der Waals surface area contributed by atoms with Crippen molar-refractivity contribution in [2.75, 3.05) is 29.1 Å². The van der Waals surface area contributed by atoms with E-state index >= 15 is 0 Å². The zero-order valence-corrected chi connectivity index (χ0v) is 16.1. The fraction of sp³-hybridized carbons (Fsp3) is 0.316. The molecule has 0 saturated carbocycles. The summed E-state index contributed by atoms with van der Waals surface area (Å²) < 4.78 is 4.85. The van der Waals surface area contributed by atoms with Crippen LogP contribution >= 0.6 is 11.8 Å². The van der Waals surface area contributed by atoms with Crippen LogP contribution in [0.5, 0.6) is 0 Å². The van der Waals surface area contributed by atoms with Gasteiger partial charge in [0.05, 0.1) is 0 Å². The lowest BCUT2D eigenvalue weighted by atomic mass is 10.1. The summed E-state index contributed by atoms with van der Waals surface area (Å²) in [6, 6.07) is 7.90. The molecule has 0 N–H and O–H groups in total. The standard InChI is InChI=1S/C19H18N6O2S/c1-28-19-20-9-15-17(22-19)24-7-3-6-14(24)10-25(18(15)26)13-5-2-4-12(8-13)16-21-11-27-23-16/h2,4-5,8-9,11,14H,3,6-7,10H2,1H3/t14-/m0/s1. The van der Waals surface area contributed by atoms with Crippen LogP contribution in [0.15, 0.2) is 46.5 Å². The van der Waals surface area contributed by atoms with Gasteiger partial charge in [0.2, 0.25) is 12.2 Å². The Bertz CT molecular complexity index is 1030. The van der Waals surface area contributed by atoms with Crippen molar-refractivity contribution in [2.24, 2.45) is 0 Å². The van der Waals surface area contributed by atoms with E-state index in [0.29, 0.717) is 23.1 Å². The Morgan fingerprint density at radius 3 is 3.04 bits per heavy atom. The summed E-state index contributed by atoms with van der Waals surface area (Å²) in [7, 11) is 0. The first kappa shape index (κ1) is 17.2. The van der Waals surface area contributed by atoms with Gasteiger partial charge in [0.25, 0.3) is 5.91 Å². The maximum Gasteiger partial charge on any atom is 0.263 e. The Morgan fingerprint density at radius 2 is 2.21 bits per heavy atom. The summed E-state index contributed by atoms with van der Waals surface area (Å²) in [6.07, 6.45) is 7.02. The molecule has 1 aromatic carbocycles. The number of hydrogen-bond acceptors (Lipinski definition) is 8. The summed E-state index contributed by atoms with van der Waals surface area (Å²) in [4.78, 5) is 30.6. The third kappa shape index (κ3) is 2.82. The Balaban J connectivity index is 1.59. The molecule has 5 rings (SSSR count). The second-order valence-electron chi connectivity index (χ2n) is 6.80. The minimum atomic E-state index is -0.0812. The summed E-state index contributed by atoms with van der Waals surface area (Å²) in [5.74, 6) is 1.17. The van der Waals surface area contributed by atoms with Crippen LogP contribution in [-0.2, 0) is 0 Å². The monoisotopic (exact) mass is 394 g/mol. The van der Waals surface area contributed by atoms with E-state index in [1.54, 1.807) is 6.20 Å². The first-order chi connectivity index (χ1) is 13.7. The third-order valence-corrected chi connectivity index (χ3v) is 5.79. The Hall–Kier alpha value is -2.94. The highest BCUT2D eigenvalue weighted by atomic mass is 32.2. The smallest absolute Gasteiger partial charge is 0.263 e. The predicted molar refractivity (Wildman–Crippen MR) is 106 cm³/mol. The number of carbonyl (C=O) groups is 1. The molecule has 0 spiro atoms. The van der Waals surface area contributed by atoms with Gasteiger partial charge in [-0.1, -0.05) is 29.1 Å². The number of nitrogens with zero attached hydrogens (tertiary/aromatic N) is 6. The first-order valence-electron chi connectivity index (χ1n) is 9.11. The van der Waals surface area contributed by atoms with Gasteiger partial charge in [-0.3, -0.25) is 4.79 Å². The van der Waals surface area contributed by atoms with E-state index in [1.807, 2.05) is 35.4 Å². The number of aromatic nitrogens is 4. The normalized spacial score (nSPS) is 18.8. The van der Waals surface area contributed by atoms with Gasteiger partial charge in [0, 0.05) is 36.6 Å². The van der Waals surface area contributed by atoms with Crippen molar-refractivity contribution in [3.63, 3.8) is 0 Å². The maximum atomic E-state index is 13.4. The van der Waals surface area contributed by atoms with Crippen LogP contribution in [0.25, 0.3) is 11.4 Å². The minimum Gasteiger partial charge on any atom is -0.351 e. The molecular formula is C19H18N6O2S. The van der Waals surface area contributed by atoms with Gasteiger partial charge < -0.3 is 14.3 Å². The average molecular weight is 394 g/mol. The largest absolute Gasteiger partial charge is 0.351 e. The van der Waals surface area contributed by atoms with E-state index in [0.717, 1.165) is 36.5 Å². The van der Waals surface area contributed by atoms with Gasteiger partial charge in [-0.15, -0.1) is 0 Å². The van der Waals surface area contributed by atoms with Crippen molar-refractivity contribution in [3.8, 4) is 11.4 Å². The molecule has 2 aliphatic heterocycles. The molecule has 1 amide bonds. The van der Waals surface area contributed by atoms with Crippen LogP contribution in [0.4, 0.5) is 11.5 Å². The first-order valence-corrected chi connectivity index (χ1v) is 10.3. The van der Waals surface area contributed by atoms with Gasteiger partial charge >= 0.3 is 0 Å². The molecule has 3 aromatic rings. The predicted octanol–water partition coefficient (Wildman–Crippen LogP) is 2.88. The highest BCUT2D eigenvalue weighted by Crippen LogP contribution is 2.35. The molecule has 9 heteroatoms. The van der Waals surface area contributed by atoms with E-state index in [1.165, 1.54) is 18.2 Å². The molecule has 2 aliphatic rings. The fourth-order valence-corrected chi connectivity index (χ4v) is 4.24. The average Bonchev–Trinajstić information content (AvgIpc) is 3.41.